The molecule has 0 spiro atoms. The number of anilines is 1. The number of aryl methyl sites for hydroxylation is 1. The number of halogens is 1. The van der Waals surface area contributed by atoms with Gasteiger partial charge in [-0.1, -0.05) is 0 Å². The standard InChI is InChI=1S/C19H19BrN4O4/c1-27-17-8-13-12(7-14(17)21-18(26)15-10-28-19(20)22-15)9-24(23-13)6-5-11-3-2-4-16(11)25/h7-11H,2-6H2,1H3,(H,21,26). The largest absolute Gasteiger partial charge is 0.494 e. The Morgan fingerprint density at radius 3 is 3.00 bits per heavy atom. The summed E-state index contributed by atoms with van der Waals surface area (Å²) in [6.07, 6.45) is 6.65. The summed E-state index contributed by atoms with van der Waals surface area (Å²) in [4.78, 5) is 28.4. The van der Waals surface area contributed by atoms with E-state index >= 15 is 0 Å². The quantitative estimate of drug-likeness (QED) is 0.617. The molecule has 0 radical (unpaired) electrons. The van der Waals surface area contributed by atoms with E-state index in [0.29, 0.717) is 30.2 Å². The summed E-state index contributed by atoms with van der Waals surface area (Å²) < 4.78 is 12.2. The van der Waals surface area contributed by atoms with Gasteiger partial charge in [0.05, 0.1) is 18.3 Å². The summed E-state index contributed by atoms with van der Waals surface area (Å²) in [7, 11) is 1.53. The van der Waals surface area contributed by atoms with Crippen LogP contribution in [0.1, 0.15) is 36.2 Å². The smallest absolute Gasteiger partial charge is 0.277 e. The maximum absolute atomic E-state index is 12.4. The predicted molar refractivity (Wildman–Crippen MR) is 105 cm³/mol. The highest BCUT2D eigenvalue weighted by molar-refractivity contribution is 9.10. The Balaban J connectivity index is 1.54. The minimum absolute atomic E-state index is 0.151. The van der Waals surface area contributed by atoms with Crippen LogP contribution in [0.3, 0.4) is 0 Å². The van der Waals surface area contributed by atoms with Crippen molar-refractivity contribution < 1.29 is 18.7 Å². The van der Waals surface area contributed by atoms with Gasteiger partial charge in [0.2, 0.25) is 0 Å². The summed E-state index contributed by atoms with van der Waals surface area (Å²) in [5.74, 6) is 0.611. The van der Waals surface area contributed by atoms with Gasteiger partial charge in [-0.3, -0.25) is 14.3 Å². The third-order valence-corrected chi connectivity index (χ3v) is 5.33. The summed E-state index contributed by atoms with van der Waals surface area (Å²) in [5, 5.41) is 8.22. The van der Waals surface area contributed by atoms with Gasteiger partial charge in [0.25, 0.3) is 10.7 Å². The summed E-state index contributed by atoms with van der Waals surface area (Å²) >= 11 is 3.08. The molecule has 0 bridgehead atoms. The molecule has 1 fully saturated rings. The molecule has 3 aromatic rings. The van der Waals surface area contributed by atoms with Crippen molar-refractivity contribution in [1.82, 2.24) is 14.8 Å². The fraction of sp³-hybridized carbons (Fsp3) is 0.368. The van der Waals surface area contributed by atoms with Crippen LogP contribution in [-0.4, -0.2) is 33.6 Å². The summed E-state index contributed by atoms with van der Waals surface area (Å²) in [6, 6.07) is 3.59. The third-order valence-electron chi connectivity index (χ3n) is 4.97. The maximum atomic E-state index is 12.4. The van der Waals surface area contributed by atoms with Crippen molar-refractivity contribution in [3.8, 4) is 5.75 Å². The minimum atomic E-state index is -0.403. The monoisotopic (exact) mass is 446 g/mol. The number of oxazole rings is 1. The van der Waals surface area contributed by atoms with E-state index < -0.39 is 5.91 Å². The molecule has 8 nitrogen and oxygen atoms in total. The molecular weight excluding hydrogens is 428 g/mol. The van der Waals surface area contributed by atoms with Crippen molar-refractivity contribution in [3.63, 3.8) is 0 Å². The average Bonchev–Trinajstić information content (AvgIpc) is 3.38. The number of ether oxygens (including phenoxy) is 1. The molecular formula is C19H19BrN4O4. The zero-order chi connectivity index (χ0) is 19.7. The minimum Gasteiger partial charge on any atom is -0.494 e. The van der Waals surface area contributed by atoms with Gasteiger partial charge in [-0.15, -0.1) is 0 Å². The van der Waals surface area contributed by atoms with Gasteiger partial charge in [0.1, 0.15) is 17.8 Å². The van der Waals surface area contributed by atoms with E-state index in [1.165, 1.54) is 13.4 Å². The third kappa shape index (κ3) is 3.80. The maximum Gasteiger partial charge on any atom is 0.277 e. The lowest BCUT2D eigenvalue weighted by Crippen LogP contribution is -2.13. The Kier molecular flexibility index (Phi) is 5.17. The number of methoxy groups -OCH3 is 1. The lowest BCUT2D eigenvalue weighted by molar-refractivity contribution is -0.120. The normalized spacial score (nSPS) is 16.6. The fourth-order valence-electron chi connectivity index (χ4n) is 3.51. The van der Waals surface area contributed by atoms with Gasteiger partial charge >= 0.3 is 0 Å². The first kappa shape index (κ1) is 18.7. The molecule has 1 N–H and O–H groups in total. The van der Waals surface area contributed by atoms with Crippen LogP contribution in [0.25, 0.3) is 10.9 Å². The fourth-order valence-corrected chi connectivity index (χ4v) is 3.79. The van der Waals surface area contributed by atoms with Crippen molar-refractivity contribution in [3.05, 3.63) is 35.1 Å². The highest BCUT2D eigenvalue weighted by atomic mass is 79.9. The first-order valence-electron chi connectivity index (χ1n) is 9.04. The zero-order valence-electron chi connectivity index (χ0n) is 15.3. The first-order valence-corrected chi connectivity index (χ1v) is 9.83. The average molecular weight is 447 g/mol. The topological polar surface area (TPSA) is 99.2 Å². The molecule has 2 heterocycles. The second-order valence-electron chi connectivity index (χ2n) is 6.79. The molecule has 1 saturated carbocycles. The van der Waals surface area contributed by atoms with E-state index in [1.54, 1.807) is 6.07 Å². The Labute approximate surface area is 169 Å². The number of hydrogen-bond donors (Lipinski definition) is 1. The number of carbonyl (C=O) groups is 2. The van der Waals surface area contributed by atoms with E-state index in [9.17, 15) is 9.59 Å². The number of nitrogens with one attached hydrogen (secondary N) is 1. The van der Waals surface area contributed by atoms with Crippen LogP contribution in [-0.2, 0) is 11.3 Å². The number of nitrogens with zero attached hydrogens (tertiary/aromatic N) is 3. The zero-order valence-corrected chi connectivity index (χ0v) is 16.9. The molecule has 4 rings (SSSR count). The summed E-state index contributed by atoms with van der Waals surface area (Å²) in [5.41, 5.74) is 1.44. The van der Waals surface area contributed by atoms with E-state index in [1.807, 2.05) is 16.9 Å². The van der Waals surface area contributed by atoms with E-state index in [2.05, 4.69) is 31.3 Å². The number of hydrogen-bond acceptors (Lipinski definition) is 6. The molecule has 1 aromatic carbocycles. The number of amides is 1. The molecule has 146 valence electrons. The molecule has 1 amide bonds. The van der Waals surface area contributed by atoms with Crippen LogP contribution in [0.4, 0.5) is 5.69 Å². The van der Waals surface area contributed by atoms with Crippen LogP contribution in [0.15, 0.2) is 33.8 Å². The van der Waals surface area contributed by atoms with Crippen molar-refractivity contribution in [1.29, 1.82) is 0 Å². The molecule has 1 unspecified atom stereocenters. The number of benzene rings is 1. The van der Waals surface area contributed by atoms with Gasteiger partial charge < -0.3 is 14.5 Å². The second kappa shape index (κ2) is 7.75. The van der Waals surface area contributed by atoms with Gasteiger partial charge in [-0.25, -0.2) is 0 Å². The molecule has 1 aliphatic rings. The molecule has 9 heteroatoms. The number of ketones is 1. The number of Topliss-reactive ketones (excluding diaryl/α,β-unsaturated/α-hetero) is 1. The predicted octanol–water partition coefficient (Wildman–Crippen LogP) is 3.81. The van der Waals surface area contributed by atoms with Gasteiger partial charge in [-0.05, 0) is 25.3 Å². The number of rotatable bonds is 6. The Hall–Kier alpha value is -2.68. The van der Waals surface area contributed by atoms with E-state index in [4.69, 9.17) is 9.15 Å². The van der Waals surface area contributed by atoms with Crippen LogP contribution in [0.2, 0.25) is 0 Å². The number of aromatic nitrogens is 3. The van der Waals surface area contributed by atoms with E-state index in [0.717, 1.165) is 30.2 Å². The van der Waals surface area contributed by atoms with Gasteiger partial charge in [0.15, 0.2) is 5.69 Å². The molecule has 1 atom stereocenters. The number of fused-ring (bicyclic) bond motifs is 1. The van der Waals surface area contributed by atoms with Crippen LogP contribution in [0.5, 0.6) is 5.75 Å². The van der Waals surface area contributed by atoms with Gasteiger partial charge in [0, 0.05) is 52.5 Å². The lowest BCUT2D eigenvalue weighted by Gasteiger charge is -2.09. The van der Waals surface area contributed by atoms with Crippen LogP contribution >= 0.6 is 15.9 Å². The Morgan fingerprint density at radius 2 is 2.32 bits per heavy atom. The van der Waals surface area contributed by atoms with Crippen molar-refractivity contribution in [2.75, 3.05) is 12.4 Å². The number of carbonyl (C=O) groups excluding carboxylic acids is 2. The van der Waals surface area contributed by atoms with Crippen molar-refractivity contribution in [2.45, 2.75) is 32.2 Å². The lowest BCUT2D eigenvalue weighted by atomic mass is 10.0. The Morgan fingerprint density at radius 1 is 1.46 bits per heavy atom. The van der Waals surface area contributed by atoms with Crippen LogP contribution in [0, 0.1) is 5.92 Å². The molecule has 0 saturated heterocycles. The highest BCUT2D eigenvalue weighted by Crippen LogP contribution is 2.31. The molecule has 2 aromatic heterocycles. The molecule has 0 aliphatic heterocycles. The Bertz CT molecular complexity index is 1040. The second-order valence-corrected chi connectivity index (χ2v) is 7.47. The molecule has 1 aliphatic carbocycles. The summed E-state index contributed by atoms with van der Waals surface area (Å²) in [6.45, 7) is 0.683. The van der Waals surface area contributed by atoms with E-state index in [-0.39, 0.29) is 16.4 Å². The molecule has 28 heavy (non-hydrogen) atoms. The SMILES string of the molecule is COc1cc2nn(CCC3CCCC3=O)cc2cc1NC(=O)c1coc(Br)n1. The van der Waals surface area contributed by atoms with Gasteiger partial charge in [-0.2, -0.15) is 10.1 Å². The van der Waals surface area contributed by atoms with Crippen molar-refractivity contribution in [2.24, 2.45) is 5.92 Å². The first-order chi connectivity index (χ1) is 13.5. The van der Waals surface area contributed by atoms with Crippen LogP contribution < -0.4 is 10.1 Å². The van der Waals surface area contributed by atoms with Crippen molar-refractivity contribution >= 4 is 44.2 Å². The highest BCUT2D eigenvalue weighted by Gasteiger charge is 2.24.